The molecule has 1 aliphatic heterocycles. The first kappa shape index (κ1) is 22.3. The standard InChI is InChI=1S/C22H22ClN3O2S2/c1-3-25(4-2)20(27)16-7-11-18(12-8-16)24-14-26-21(28)19(30-22(26)29)13-15-5-9-17(23)10-6-15/h5-13,24H,3-4,14H2,1-2H3/b19-13-. The van der Waals surface area contributed by atoms with E-state index >= 15 is 0 Å². The molecular weight excluding hydrogens is 438 g/mol. The Balaban J connectivity index is 1.63. The number of thiocarbonyl (C=S) groups is 1. The highest BCUT2D eigenvalue weighted by Gasteiger charge is 2.31. The Morgan fingerprint density at radius 2 is 1.77 bits per heavy atom. The molecule has 0 bridgehead atoms. The number of nitrogens with one attached hydrogen (secondary N) is 1. The molecule has 0 unspecified atom stereocenters. The number of hydrogen-bond acceptors (Lipinski definition) is 5. The van der Waals surface area contributed by atoms with Crippen LogP contribution in [0.5, 0.6) is 0 Å². The van der Waals surface area contributed by atoms with Gasteiger partial charge in [-0.25, -0.2) is 0 Å². The van der Waals surface area contributed by atoms with Gasteiger partial charge in [0.2, 0.25) is 0 Å². The number of carbonyl (C=O) groups is 2. The largest absolute Gasteiger partial charge is 0.367 e. The van der Waals surface area contributed by atoms with Crippen LogP contribution in [0.3, 0.4) is 0 Å². The highest BCUT2D eigenvalue weighted by Crippen LogP contribution is 2.32. The molecule has 0 atom stereocenters. The minimum Gasteiger partial charge on any atom is -0.367 e. The third-order valence-electron chi connectivity index (χ3n) is 4.67. The lowest BCUT2D eigenvalue weighted by Crippen LogP contribution is -2.33. The molecule has 1 fully saturated rings. The summed E-state index contributed by atoms with van der Waals surface area (Å²) in [6.45, 7) is 5.52. The average Bonchev–Trinajstić information content (AvgIpc) is 3.02. The van der Waals surface area contributed by atoms with Crippen molar-refractivity contribution in [2.75, 3.05) is 25.1 Å². The van der Waals surface area contributed by atoms with Crippen LogP contribution in [-0.2, 0) is 4.79 Å². The van der Waals surface area contributed by atoms with Crippen molar-refractivity contribution < 1.29 is 9.59 Å². The van der Waals surface area contributed by atoms with E-state index in [0.717, 1.165) is 11.3 Å². The first-order chi connectivity index (χ1) is 14.4. The van der Waals surface area contributed by atoms with Gasteiger partial charge in [0.25, 0.3) is 11.8 Å². The van der Waals surface area contributed by atoms with Crippen molar-refractivity contribution in [3.8, 4) is 0 Å². The molecule has 0 radical (unpaired) electrons. The zero-order valence-electron chi connectivity index (χ0n) is 16.7. The van der Waals surface area contributed by atoms with Gasteiger partial charge in [-0.05, 0) is 61.9 Å². The maximum Gasteiger partial charge on any atom is 0.267 e. The lowest BCUT2D eigenvalue weighted by molar-refractivity contribution is -0.121. The van der Waals surface area contributed by atoms with Crippen LogP contribution in [0.4, 0.5) is 5.69 Å². The predicted molar refractivity (Wildman–Crippen MR) is 129 cm³/mol. The van der Waals surface area contributed by atoms with Crippen molar-refractivity contribution in [3.05, 3.63) is 69.6 Å². The summed E-state index contributed by atoms with van der Waals surface area (Å²) in [7, 11) is 0. The van der Waals surface area contributed by atoms with E-state index in [2.05, 4.69) is 5.32 Å². The highest BCUT2D eigenvalue weighted by molar-refractivity contribution is 8.26. The van der Waals surface area contributed by atoms with Crippen molar-refractivity contribution >= 4 is 63.5 Å². The summed E-state index contributed by atoms with van der Waals surface area (Å²) in [6, 6.07) is 14.5. The van der Waals surface area contributed by atoms with Gasteiger partial charge in [-0.15, -0.1) is 0 Å². The van der Waals surface area contributed by atoms with Crippen molar-refractivity contribution in [2.24, 2.45) is 0 Å². The molecule has 0 spiro atoms. The zero-order valence-corrected chi connectivity index (χ0v) is 19.1. The van der Waals surface area contributed by atoms with Crippen molar-refractivity contribution in [1.82, 2.24) is 9.80 Å². The number of hydrogen-bond donors (Lipinski definition) is 1. The highest BCUT2D eigenvalue weighted by atomic mass is 35.5. The van der Waals surface area contributed by atoms with Gasteiger partial charge in [0.1, 0.15) is 4.32 Å². The number of benzene rings is 2. The molecule has 0 saturated carbocycles. The number of nitrogens with zero attached hydrogens (tertiary/aromatic N) is 2. The van der Waals surface area contributed by atoms with Gasteiger partial charge in [-0.3, -0.25) is 14.5 Å². The van der Waals surface area contributed by atoms with Crippen LogP contribution in [-0.4, -0.2) is 45.7 Å². The molecule has 1 heterocycles. The number of amides is 2. The summed E-state index contributed by atoms with van der Waals surface area (Å²) < 4.78 is 0.501. The van der Waals surface area contributed by atoms with Gasteiger partial charge in [-0.2, -0.15) is 0 Å². The fourth-order valence-electron chi connectivity index (χ4n) is 2.94. The minimum atomic E-state index is -0.138. The fourth-order valence-corrected chi connectivity index (χ4v) is 4.32. The molecule has 0 aromatic heterocycles. The summed E-state index contributed by atoms with van der Waals surface area (Å²) in [5.74, 6) is -0.128. The van der Waals surface area contributed by atoms with E-state index in [1.165, 1.54) is 16.7 Å². The van der Waals surface area contributed by atoms with E-state index < -0.39 is 0 Å². The van der Waals surface area contributed by atoms with Crippen LogP contribution in [0, 0.1) is 0 Å². The molecule has 2 amide bonds. The number of anilines is 1. The molecule has 1 aliphatic rings. The van der Waals surface area contributed by atoms with E-state index in [4.69, 9.17) is 23.8 Å². The van der Waals surface area contributed by atoms with Crippen LogP contribution in [0.1, 0.15) is 29.8 Å². The van der Waals surface area contributed by atoms with Gasteiger partial charge in [-0.1, -0.05) is 47.7 Å². The Kier molecular flexibility index (Phi) is 7.53. The second-order valence-electron chi connectivity index (χ2n) is 6.55. The third kappa shape index (κ3) is 5.22. The maximum atomic E-state index is 12.7. The average molecular weight is 460 g/mol. The fraction of sp³-hybridized carbons (Fsp3) is 0.227. The number of rotatable bonds is 7. The zero-order chi connectivity index (χ0) is 21.7. The number of halogens is 1. The lowest BCUT2D eigenvalue weighted by atomic mass is 10.2. The van der Waals surface area contributed by atoms with E-state index in [0.29, 0.717) is 32.9 Å². The first-order valence-electron chi connectivity index (χ1n) is 9.57. The molecule has 3 rings (SSSR count). The minimum absolute atomic E-state index is 0.0100. The van der Waals surface area contributed by atoms with Crippen LogP contribution in [0.2, 0.25) is 5.02 Å². The van der Waals surface area contributed by atoms with E-state index in [9.17, 15) is 9.59 Å². The van der Waals surface area contributed by atoms with Gasteiger partial charge >= 0.3 is 0 Å². The molecule has 1 N–H and O–H groups in total. The molecular formula is C22H22ClN3O2S2. The van der Waals surface area contributed by atoms with Crippen LogP contribution < -0.4 is 5.32 Å². The normalized spacial score (nSPS) is 15.0. The van der Waals surface area contributed by atoms with E-state index in [1.807, 2.05) is 44.2 Å². The summed E-state index contributed by atoms with van der Waals surface area (Å²) >= 11 is 12.6. The Morgan fingerprint density at radius 3 is 2.37 bits per heavy atom. The Morgan fingerprint density at radius 1 is 1.13 bits per heavy atom. The number of carbonyl (C=O) groups excluding carboxylic acids is 2. The molecule has 30 heavy (non-hydrogen) atoms. The van der Waals surface area contributed by atoms with Gasteiger partial charge < -0.3 is 10.2 Å². The van der Waals surface area contributed by atoms with Crippen LogP contribution in [0.25, 0.3) is 6.08 Å². The molecule has 8 heteroatoms. The van der Waals surface area contributed by atoms with Gasteiger partial charge in [0, 0.05) is 29.4 Å². The SMILES string of the molecule is CCN(CC)C(=O)c1ccc(NCN2C(=O)/C(=C/c3ccc(Cl)cc3)SC2=S)cc1. The summed E-state index contributed by atoms with van der Waals surface area (Å²) in [6.07, 6.45) is 1.81. The quantitative estimate of drug-likeness (QED) is 0.461. The van der Waals surface area contributed by atoms with E-state index in [1.54, 1.807) is 29.2 Å². The molecule has 2 aromatic carbocycles. The maximum absolute atomic E-state index is 12.7. The monoisotopic (exact) mass is 459 g/mol. The lowest BCUT2D eigenvalue weighted by Gasteiger charge is -2.19. The van der Waals surface area contributed by atoms with Crippen molar-refractivity contribution in [2.45, 2.75) is 13.8 Å². The first-order valence-corrected chi connectivity index (χ1v) is 11.2. The van der Waals surface area contributed by atoms with Gasteiger partial charge in [0.15, 0.2) is 0 Å². The van der Waals surface area contributed by atoms with Crippen molar-refractivity contribution in [1.29, 1.82) is 0 Å². The molecule has 0 aliphatic carbocycles. The second kappa shape index (κ2) is 10.1. The predicted octanol–water partition coefficient (Wildman–Crippen LogP) is 5.09. The van der Waals surface area contributed by atoms with Crippen molar-refractivity contribution in [3.63, 3.8) is 0 Å². The molecule has 2 aromatic rings. The summed E-state index contributed by atoms with van der Waals surface area (Å²) in [5.41, 5.74) is 2.34. The second-order valence-corrected chi connectivity index (χ2v) is 8.66. The summed E-state index contributed by atoms with van der Waals surface area (Å²) in [4.78, 5) is 29.0. The Bertz CT molecular complexity index is 971. The van der Waals surface area contributed by atoms with E-state index in [-0.39, 0.29) is 18.5 Å². The number of thioether (sulfide) groups is 1. The Labute approximate surface area is 191 Å². The molecule has 1 saturated heterocycles. The van der Waals surface area contributed by atoms with Crippen LogP contribution in [0.15, 0.2) is 53.4 Å². The molecule has 5 nitrogen and oxygen atoms in total. The topological polar surface area (TPSA) is 52.7 Å². The van der Waals surface area contributed by atoms with Gasteiger partial charge in [0.05, 0.1) is 11.6 Å². The summed E-state index contributed by atoms with van der Waals surface area (Å²) in [5, 5.41) is 3.84. The van der Waals surface area contributed by atoms with Crippen LogP contribution >= 0.6 is 35.6 Å². The Hall–Kier alpha value is -2.35. The third-order valence-corrected chi connectivity index (χ3v) is 6.29. The smallest absolute Gasteiger partial charge is 0.267 e. The molecule has 156 valence electrons.